The van der Waals surface area contributed by atoms with Crippen molar-refractivity contribution in [1.82, 2.24) is 0 Å². The van der Waals surface area contributed by atoms with Gasteiger partial charge < -0.3 is 9.84 Å². The quantitative estimate of drug-likeness (QED) is 0.570. The van der Waals surface area contributed by atoms with E-state index >= 15 is 0 Å². The van der Waals surface area contributed by atoms with Crippen LogP contribution in [-0.4, -0.2) is 17.0 Å². The van der Waals surface area contributed by atoms with Gasteiger partial charge in [-0.3, -0.25) is 0 Å². The molecule has 1 N–H and O–H groups in total. The van der Waals surface area contributed by atoms with Crippen LogP contribution in [0.15, 0.2) is 12.7 Å². The van der Waals surface area contributed by atoms with Crippen molar-refractivity contribution >= 4 is 0 Å². The van der Waals surface area contributed by atoms with E-state index in [9.17, 15) is 5.11 Å². The maximum Gasteiger partial charge on any atom is 0.174 e. The van der Waals surface area contributed by atoms with Crippen molar-refractivity contribution in [2.24, 2.45) is 17.8 Å². The normalized spacial score (nSPS) is 49.3. The number of rotatable bonds is 3. The van der Waals surface area contributed by atoms with Crippen molar-refractivity contribution in [2.75, 3.05) is 0 Å². The Balaban J connectivity index is 1.78. The van der Waals surface area contributed by atoms with Crippen LogP contribution in [0, 0.1) is 17.8 Å². The zero-order chi connectivity index (χ0) is 10.5. The van der Waals surface area contributed by atoms with Gasteiger partial charge in [0, 0.05) is 0 Å². The Morgan fingerprint density at radius 1 is 1.13 bits per heavy atom. The highest BCUT2D eigenvalue weighted by molar-refractivity contribution is 5.03. The van der Waals surface area contributed by atoms with Gasteiger partial charge in [0.25, 0.3) is 0 Å². The summed E-state index contributed by atoms with van der Waals surface area (Å²) in [5, 5.41) is 9.58. The van der Waals surface area contributed by atoms with E-state index in [4.69, 9.17) is 4.74 Å². The van der Waals surface area contributed by atoms with Crippen molar-refractivity contribution in [1.29, 1.82) is 0 Å². The second kappa shape index (κ2) is 3.33. The highest BCUT2D eigenvalue weighted by atomic mass is 16.6. The third-order valence-corrected chi connectivity index (χ3v) is 4.55. The molecule has 2 nitrogen and oxygen atoms in total. The maximum atomic E-state index is 9.58. The average molecular weight is 208 g/mol. The minimum atomic E-state index is -0.763. The summed E-state index contributed by atoms with van der Waals surface area (Å²) in [4.78, 5) is 0. The molecule has 0 spiro atoms. The molecule has 4 rings (SSSR count). The predicted molar refractivity (Wildman–Crippen MR) is 58.2 cm³/mol. The van der Waals surface area contributed by atoms with Crippen LogP contribution >= 0.6 is 0 Å². The Morgan fingerprint density at radius 2 is 1.60 bits per heavy atom. The first kappa shape index (κ1) is 9.86. The molecule has 0 amide bonds. The zero-order valence-corrected chi connectivity index (χ0v) is 9.19. The molecule has 4 saturated carbocycles. The molecule has 0 radical (unpaired) electrons. The molecule has 1 atom stereocenters. The smallest absolute Gasteiger partial charge is 0.174 e. The first-order valence-corrected chi connectivity index (χ1v) is 6.17. The van der Waals surface area contributed by atoms with E-state index in [1.54, 1.807) is 0 Å². The summed E-state index contributed by atoms with van der Waals surface area (Å²) >= 11 is 0. The molecule has 0 aliphatic heterocycles. The molecule has 15 heavy (non-hydrogen) atoms. The van der Waals surface area contributed by atoms with E-state index in [0.29, 0.717) is 0 Å². The van der Waals surface area contributed by atoms with Crippen molar-refractivity contribution in [3.8, 4) is 0 Å². The van der Waals surface area contributed by atoms with Crippen LogP contribution in [0.4, 0.5) is 0 Å². The third-order valence-electron chi connectivity index (χ3n) is 4.55. The highest BCUT2D eigenvalue weighted by Gasteiger charge is 2.52. The molecule has 4 aliphatic rings. The highest BCUT2D eigenvalue weighted by Crippen LogP contribution is 2.57. The lowest BCUT2D eigenvalue weighted by Crippen LogP contribution is -2.53. The van der Waals surface area contributed by atoms with Gasteiger partial charge in [-0.15, -0.1) is 0 Å². The van der Waals surface area contributed by atoms with Gasteiger partial charge in [-0.05, 0) is 62.4 Å². The van der Waals surface area contributed by atoms with Crippen LogP contribution in [-0.2, 0) is 4.74 Å². The summed E-state index contributed by atoms with van der Waals surface area (Å²) in [5.74, 6) is 2.61. The molecule has 0 saturated heterocycles. The molecule has 0 aromatic carbocycles. The molecule has 4 aliphatic carbocycles. The van der Waals surface area contributed by atoms with E-state index < -0.39 is 6.29 Å². The fraction of sp³-hybridized carbons (Fsp3) is 0.846. The summed E-state index contributed by atoms with van der Waals surface area (Å²) in [6.45, 7) is 3.58. The van der Waals surface area contributed by atoms with Gasteiger partial charge >= 0.3 is 0 Å². The van der Waals surface area contributed by atoms with E-state index in [2.05, 4.69) is 6.58 Å². The van der Waals surface area contributed by atoms with Crippen molar-refractivity contribution in [2.45, 2.75) is 50.4 Å². The Morgan fingerprint density at radius 3 is 2.00 bits per heavy atom. The third kappa shape index (κ3) is 1.64. The van der Waals surface area contributed by atoms with Gasteiger partial charge in [-0.2, -0.15) is 0 Å². The lowest BCUT2D eigenvalue weighted by molar-refractivity contribution is -0.224. The molecule has 0 aromatic heterocycles. The molecule has 4 bridgehead atoms. The second-order valence-electron chi connectivity index (χ2n) is 5.84. The Kier molecular flexibility index (Phi) is 2.18. The molecule has 0 heterocycles. The summed E-state index contributed by atoms with van der Waals surface area (Å²) in [5.41, 5.74) is 0.00234. The summed E-state index contributed by atoms with van der Waals surface area (Å²) in [6.07, 6.45) is 8.48. The van der Waals surface area contributed by atoms with Gasteiger partial charge in [-0.1, -0.05) is 6.58 Å². The number of hydrogen-bond acceptors (Lipinski definition) is 2. The fourth-order valence-electron chi connectivity index (χ4n) is 4.48. The lowest BCUT2D eigenvalue weighted by atomic mass is 9.54. The van der Waals surface area contributed by atoms with Crippen molar-refractivity contribution < 1.29 is 9.84 Å². The standard InChI is InChI=1S/C13H20O2/c1-2-12(14)15-13-6-9-3-10(7-13)5-11(4-9)8-13/h2,9-12,14H,1,3-8H2. The Bertz CT molecular complexity index is 236. The van der Waals surface area contributed by atoms with Crippen LogP contribution < -0.4 is 0 Å². The molecule has 84 valence electrons. The van der Waals surface area contributed by atoms with Gasteiger partial charge in [0.2, 0.25) is 0 Å². The fourth-order valence-corrected chi connectivity index (χ4v) is 4.48. The topological polar surface area (TPSA) is 29.5 Å². The SMILES string of the molecule is C=CC(O)OC12CC3CC(CC(C3)C1)C2. The van der Waals surface area contributed by atoms with Crippen LogP contribution in [0.25, 0.3) is 0 Å². The van der Waals surface area contributed by atoms with Gasteiger partial charge in [0.15, 0.2) is 6.29 Å². The van der Waals surface area contributed by atoms with Crippen LogP contribution in [0.5, 0.6) is 0 Å². The molecule has 4 fully saturated rings. The lowest BCUT2D eigenvalue weighted by Gasteiger charge is -2.56. The number of aliphatic hydroxyl groups excluding tert-OH is 1. The average Bonchev–Trinajstić information content (AvgIpc) is 2.14. The first-order valence-electron chi connectivity index (χ1n) is 6.17. The summed E-state index contributed by atoms with van der Waals surface area (Å²) in [6, 6.07) is 0. The monoisotopic (exact) mass is 208 g/mol. The Labute approximate surface area is 91.3 Å². The number of aliphatic hydroxyl groups is 1. The second-order valence-corrected chi connectivity index (χ2v) is 5.84. The predicted octanol–water partition coefficient (Wildman–Crippen LogP) is 2.48. The molecule has 2 heteroatoms. The van der Waals surface area contributed by atoms with E-state index in [1.807, 2.05) is 0 Å². The first-order chi connectivity index (χ1) is 7.19. The summed E-state index contributed by atoms with van der Waals surface area (Å²) in [7, 11) is 0. The van der Waals surface area contributed by atoms with Crippen LogP contribution in [0.3, 0.4) is 0 Å². The van der Waals surface area contributed by atoms with Crippen LogP contribution in [0.2, 0.25) is 0 Å². The minimum absolute atomic E-state index is 0.00234. The molecule has 1 unspecified atom stereocenters. The molecule has 0 aromatic rings. The van der Waals surface area contributed by atoms with Gasteiger partial charge in [0.05, 0.1) is 5.60 Å². The molecular weight excluding hydrogens is 188 g/mol. The molecular formula is C13H20O2. The zero-order valence-electron chi connectivity index (χ0n) is 9.19. The minimum Gasteiger partial charge on any atom is -0.365 e. The number of hydrogen-bond donors (Lipinski definition) is 1. The largest absolute Gasteiger partial charge is 0.365 e. The number of ether oxygens (including phenoxy) is 1. The van der Waals surface area contributed by atoms with E-state index in [1.165, 1.54) is 44.6 Å². The Hall–Kier alpha value is -0.340. The van der Waals surface area contributed by atoms with Crippen LogP contribution in [0.1, 0.15) is 38.5 Å². The van der Waals surface area contributed by atoms with Gasteiger partial charge in [0.1, 0.15) is 0 Å². The van der Waals surface area contributed by atoms with Gasteiger partial charge in [-0.25, -0.2) is 0 Å². The maximum absolute atomic E-state index is 9.58. The van der Waals surface area contributed by atoms with Crippen molar-refractivity contribution in [3.63, 3.8) is 0 Å². The van der Waals surface area contributed by atoms with Crippen molar-refractivity contribution in [3.05, 3.63) is 12.7 Å². The van der Waals surface area contributed by atoms with E-state index in [0.717, 1.165) is 17.8 Å². The van der Waals surface area contributed by atoms with E-state index in [-0.39, 0.29) is 5.60 Å². The summed E-state index contributed by atoms with van der Waals surface area (Å²) < 4.78 is 5.84.